The first kappa shape index (κ1) is 22.1. The Morgan fingerprint density at radius 3 is 1.83 bits per heavy atom. The summed E-state index contributed by atoms with van der Waals surface area (Å²) >= 11 is 0. The van der Waals surface area contributed by atoms with Crippen molar-refractivity contribution in [2.24, 2.45) is 11.8 Å². The Morgan fingerprint density at radius 2 is 1.31 bits per heavy atom. The summed E-state index contributed by atoms with van der Waals surface area (Å²) in [6, 6.07) is 12.6. The first-order chi connectivity index (χ1) is 13.8. The van der Waals surface area contributed by atoms with Gasteiger partial charge in [-0.05, 0) is 61.8 Å². The first-order valence-corrected chi connectivity index (χ1v) is 11.3. The molecule has 0 spiro atoms. The third-order valence-electron chi connectivity index (χ3n) is 6.71. The van der Waals surface area contributed by atoms with Crippen LogP contribution in [0.4, 0.5) is 5.69 Å². The normalized spacial score (nSPS) is 18.4. The molecule has 158 valence electrons. The van der Waals surface area contributed by atoms with Gasteiger partial charge < -0.3 is 27.5 Å². The molecule has 3 nitrogen and oxygen atoms in total. The van der Waals surface area contributed by atoms with E-state index in [0.717, 1.165) is 29.8 Å². The fraction of sp³-hybridized carbons (Fsp3) is 0.560. The summed E-state index contributed by atoms with van der Waals surface area (Å²) in [5.41, 5.74) is 7.87. The summed E-state index contributed by atoms with van der Waals surface area (Å²) in [7, 11) is 0. The van der Waals surface area contributed by atoms with Gasteiger partial charge in [-0.1, -0.05) is 38.5 Å². The van der Waals surface area contributed by atoms with E-state index in [1.54, 1.807) is 0 Å². The van der Waals surface area contributed by atoms with Crippen LogP contribution < -0.4 is 32.0 Å². The quantitative estimate of drug-likeness (QED) is 0.675. The van der Waals surface area contributed by atoms with Gasteiger partial charge in [-0.15, -0.1) is 0 Å². The second-order valence-corrected chi connectivity index (χ2v) is 8.83. The van der Waals surface area contributed by atoms with E-state index in [2.05, 4.69) is 28.8 Å². The van der Waals surface area contributed by atoms with Gasteiger partial charge in [0.15, 0.2) is 18.9 Å². The molecule has 0 saturated heterocycles. The smallest absolute Gasteiger partial charge is 0.173 e. The van der Waals surface area contributed by atoms with Crippen LogP contribution in [0, 0.1) is 11.8 Å². The maximum absolute atomic E-state index is 6.69. The van der Waals surface area contributed by atoms with Crippen molar-refractivity contribution in [2.75, 3.05) is 5.73 Å². The lowest BCUT2D eigenvalue weighted by Crippen LogP contribution is -3.00. The number of rotatable bonds is 6. The number of benzene rings is 1. The van der Waals surface area contributed by atoms with Gasteiger partial charge in [0.05, 0.1) is 0 Å². The highest BCUT2D eigenvalue weighted by Crippen LogP contribution is 2.38. The largest absolute Gasteiger partial charge is 1.00 e. The van der Waals surface area contributed by atoms with E-state index in [9.17, 15) is 0 Å². The van der Waals surface area contributed by atoms with E-state index in [-0.39, 0.29) is 17.0 Å². The van der Waals surface area contributed by atoms with Crippen LogP contribution in [-0.4, -0.2) is 6.10 Å². The Balaban J connectivity index is 0.00000240. The van der Waals surface area contributed by atoms with Crippen LogP contribution in [0.25, 0.3) is 0 Å². The van der Waals surface area contributed by atoms with Crippen LogP contribution in [0.5, 0.6) is 5.75 Å². The molecule has 1 aromatic carbocycles. The number of nitrogens with zero attached hydrogens (tertiary/aromatic N) is 1. The maximum Gasteiger partial charge on any atom is 0.173 e. The molecule has 0 amide bonds. The van der Waals surface area contributed by atoms with Gasteiger partial charge >= 0.3 is 0 Å². The molecule has 0 radical (unpaired) electrons. The Kier molecular flexibility index (Phi) is 8.40. The lowest BCUT2D eigenvalue weighted by atomic mass is 9.75. The number of nitrogens with two attached hydrogens (primary N) is 1. The van der Waals surface area contributed by atoms with Crippen LogP contribution in [0.15, 0.2) is 48.8 Å². The van der Waals surface area contributed by atoms with Crippen molar-refractivity contribution in [1.82, 2.24) is 0 Å². The summed E-state index contributed by atoms with van der Waals surface area (Å²) in [4.78, 5) is 0. The lowest BCUT2D eigenvalue weighted by Gasteiger charge is -2.37. The molecule has 4 rings (SSSR count). The van der Waals surface area contributed by atoms with E-state index in [1.807, 2.05) is 24.5 Å². The van der Waals surface area contributed by atoms with E-state index in [4.69, 9.17) is 10.5 Å². The summed E-state index contributed by atoms with van der Waals surface area (Å²) in [6.07, 6.45) is 18.2. The molecule has 0 atom stereocenters. The van der Waals surface area contributed by atoms with Gasteiger partial charge in [-0.3, -0.25) is 0 Å². The van der Waals surface area contributed by atoms with Crippen molar-refractivity contribution in [3.05, 3.63) is 54.4 Å². The third kappa shape index (κ3) is 6.21. The monoisotopic (exact) mass is 458 g/mol. The van der Waals surface area contributed by atoms with Gasteiger partial charge in [-0.25, -0.2) is 4.57 Å². The second-order valence-electron chi connectivity index (χ2n) is 8.83. The van der Waals surface area contributed by atoms with E-state index in [0.29, 0.717) is 6.10 Å². The summed E-state index contributed by atoms with van der Waals surface area (Å²) in [5, 5.41) is 0. The molecule has 2 N–H and O–H groups in total. The SMILES string of the molecule is Nc1cc[n+](Cc2ccc(OC(C3CCCCC3)C3CCCCC3)cc2)cc1.[Br-]. The van der Waals surface area contributed by atoms with E-state index < -0.39 is 0 Å². The zero-order valence-electron chi connectivity index (χ0n) is 17.4. The highest BCUT2D eigenvalue weighted by molar-refractivity contribution is 5.32. The van der Waals surface area contributed by atoms with Gasteiger partial charge in [0, 0.05) is 23.4 Å². The molecule has 2 aliphatic carbocycles. The van der Waals surface area contributed by atoms with Gasteiger partial charge in [0.25, 0.3) is 0 Å². The zero-order valence-corrected chi connectivity index (χ0v) is 19.0. The number of pyridine rings is 1. The van der Waals surface area contributed by atoms with Crippen molar-refractivity contribution >= 4 is 5.69 Å². The average molecular weight is 459 g/mol. The molecule has 0 aliphatic heterocycles. The van der Waals surface area contributed by atoms with Gasteiger partial charge in [0.1, 0.15) is 11.9 Å². The maximum atomic E-state index is 6.69. The highest BCUT2D eigenvalue weighted by Gasteiger charge is 2.33. The fourth-order valence-corrected chi connectivity index (χ4v) is 5.12. The number of nitrogen functional groups attached to an aromatic ring is 1. The predicted octanol–water partition coefficient (Wildman–Crippen LogP) is 2.52. The van der Waals surface area contributed by atoms with E-state index in [1.165, 1.54) is 69.8 Å². The summed E-state index contributed by atoms with van der Waals surface area (Å²) in [6.45, 7) is 0.856. The Bertz CT molecular complexity index is 701. The molecule has 2 aliphatic rings. The van der Waals surface area contributed by atoms with Crippen molar-refractivity contribution in [2.45, 2.75) is 76.9 Å². The molecule has 0 bridgehead atoms. The van der Waals surface area contributed by atoms with Crippen LogP contribution in [-0.2, 0) is 6.54 Å². The molecular formula is C25H35BrN2O. The fourth-order valence-electron chi connectivity index (χ4n) is 5.12. The predicted molar refractivity (Wildman–Crippen MR) is 114 cm³/mol. The minimum Gasteiger partial charge on any atom is -1.00 e. The first-order valence-electron chi connectivity index (χ1n) is 11.3. The number of halogens is 1. The minimum absolute atomic E-state index is 0. The highest BCUT2D eigenvalue weighted by atomic mass is 79.9. The molecule has 2 aromatic rings. The molecule has 1 aromatic heterocycles. The number of ether oxygens (including phenoxy) is 1. The molecule has 0 unspecified atom stereocenters. The van der Waals surface area contributed by atoms with Crippen molar-refractivity contribution in [3.63, 3.8) is 0 Å². The van der Waals surface area contributed by atoms with Crippen molar-refractivity contribution < 1.29 is 26.3 Å². The van der Waals surface area contributed by atoms with Crippen LogP contribution in [0.3, 0.4) is 0 Å². The number of anilines is 1. The lowest BCUT2D eigenvalue weighted by molar-refractivity contribution is -0.688. The molecule has 2 saturated carbocycles. The van der Waals surface area contributed by atoms with Crippen molar-refractivity contribution in [1.29, 1.82) is 0 Å². The number of hydrogen-bond acceptors (Lipinski definition) is 2. The topological polar surface area (TPSA) is 39.1 Å². The molecule has 1 heterocycles. The molecule has 29 heavy (non-hydrogen) atoms. The zero-order chi connectivity index (χ0) is 19.2. The summed E-state index contributed by atoms with van der Waals surface area (Å²) < 4.78 is 8.84. The number of aromatic nitrogens is 1. The van der Waals surface area contributed by atoms with Crippen LogP contribution in [0.2, 0.25) is 0 Å². The Hall–Kier alpha value is -1.55. The van der Waals surface area contributed by atoms with E-state index >= 15 is 0 Å². The Labute approximate surface area is 186 Å². The van der Waals surface area contributed by atoms with Crippen LogP contribution >= 0.6 is 0 Å². The average Bonchev–Trinajstić information content (AvgIpc) is 2.76. The van der Waals surface area contributed by atoms with Crippen LogP contribution in [0.1, 0.15) is 69.8 Å². The third-order valence-corrected chi connectivity index (χ3v) is 6.71. The van der Waals surface area contributed by atoms with Gasteiger partial charge in [0.2, 0.25) is 0 Å². The molecule has 4 heteroatoms. The molecule has 2 fully saturated rings. The Morgan fingerprint density at radius 1 is 0.793 bits per heavy atom. The minimum atomic E-state index is 0. The number of hydrogen-bond donors (Lipinski definition) is 1. The molecular weight excluding hydrogens is 424 g/mol. The summed E-state index contributed by atoms with van der Waals surface area (Å²) in [5.74, 6) is 2.55. The van der Waals surface area contributed by atoms with Crippen molar-refractivity contribution in [3.8, 4) is 5.75 Å². The van der Waals surface area contributed by atoms with Gasteiger partial charge in [-0.2, -0.15) is 0 Å². The standard InChI is InChI=1S/C25H34N2O.BrH/c26-23-15-17-27(18-16-23)19-20-11-13-24(14-12-20)28-25(21-7-3-1-4-8-21)22-9-5-2-6-10-22;/h11-18,21-22,25-26H,1-10,19H2;1H. The second kappa shape index (κ2) is 11.0.